The van der Waals surface area contributed by atoms with Gasteiger partial charge in [-0.15, -0.1) is 0 Å². The van der Waals surface area contributed by atoms with E-state index in [1.807, 2.05) is 0 Å². The van der Waals surface area contributed by atoms with Gasteiger partial charge in [0.2, 0.25) is 5.96 Å². The molecule has 1 amide bonds. The third kappa shape index (κ3) is 2.52. The Hall–Kier alpha value is -2.50. The van der Waals surface area contributed by atoms with Crippen LogP contribution in [0, 0.1) is 5.41 Å². The van der Waals surface area contributed by atoms with E-state index < -0.39 is 0 Å². The van der Waals surface area contributed by atoms with Gasteiger partial charge >= 0.3 is 0 Å². The Labute approximate surface area is 111 Å². The second-order valence-corrected chi connectivity index (χ2v) is 4.04. The lowest BCUT2D eigenvalue weighted by molar-refractivity contribution is -0.115. The molecule has 1 heterocycles. The van der Waals surface area contributed by atoms with Gasteiger partial charge in [-0.1, -0.05) is 0 Å². The van der Waals surface area contributed by atoms with Crippen LogP contribution in [-0.4, -0.2) is 38.0 Å². The molecule has 2 N–H and O–H groups in total. The maximum absolute atomic E-state index is 11.7. The summed E-state index contributed by atoms with van der Waals surface area (Å²) < 4.78 is 10.3. The Kier molecular flexibility index (Phi) is 3.41. The second kappa shape index (κ2) is 5.01. The zero-order valence-corrected chi connectivity index (χ0v) is 11.0. The first-order chi connectivity index (χ1) is 9.05. The molecule has 1 aliphatic rings. The molecule has 6 heteroatoms. The predicted octanol–water partition coefficient (Wildman–Crippen LogP) is 1.04. The van der Waals surface area contributed by atoms with Crippen LogP contribution < -0.4 is 14.8 Å². The van der Waals surface area contributed by atoms with Crippen molar-refractivity contribution >= 4 is 17.9 Å². The molecule has 0 saturated carbocycles. The van der Waals surface area contributed by atoms with Crippen molar-refractivity contribution in [2.24, 2.45) is 0 Å². The average molecular weight is 261 g/mol. The van der Waals surface area contributed by atoms with E-state index >= 15 is 0 Å². The van der Waals surface area contributed by atoms with Gasteiger partial charge in [-0.3, -0.25) is 15.5 Å². The number of nitrogens with zero attached hydrogens (tertiary/aromatic N) is 1. The molecule has 1 fully saturated rings. The molecule has 0 aliphatic carbocycles. The predicted molar refractivity (Wildman–Crippen MR) is 71.2 cm³/mol. The Bertz CT molecular complexity index is 544. The molecule has 1 aromatic rings. The van der Waals surface area contributed by atoms with Crippen LogP contribution in [0.1, 0.15) is 5.56 Å². The molecule has 0 unspecified atom stereocenters. The minimum atomic E-state index is -0.297. The molecular weight excluding hydrogens is 246 g/mol. The molecule has 6 nitrogen and oxygen atoms in total. The monoisotopic (exact) mass is 261 g/mol. The standard InChI is InChI=1S/C13H15N3O3/c1-16-11(12(17)15-13(16)14)6-8-4-9(18-2)7-10(5-8)19-3/h4-7H,1-3H3,(H2,14,15,17). The molecule has 0 aromatic heterocycles. The van der Waals surface area contributed by atoms with Crippen molar-refractivity contribution in [2.75, 3.05) is 21.3 Å². The number of hydrogen-bond acceptors (Lipinski definition) is 4. The number of carbonyl (C=O) groups is 1. The number of nitrogens with one attached hydrogen (secondary N) is 2. The zero-order valence-electron chi connectivity index (χ0n) is 11.0. The molecule has 1 aromatic carbocycles. The third-order valence-corrected chi connectivity index (χ3v) is 2.84. The molecule has 1 saturated heterocycles. The number of amides is 1. The number of guanidine groups is 1. The lowest BCUT2D eigenvalue weighted by Crippen LogP contribution is -2.25. The highest BCUT2D eigenvalue weighted by molar-refractivity contribution is 6.14. The molecule has 2 rings (SSSR count). The van der Waals surface area contributed by atoms with Crippen LogP contribution in [0.5, 0.6) is 11.5 Å². The van der Waals surface area contributed by atoms with E-state index in [9.17, 15) is 4.79 Å². The normalized spacial score (nSPS) is 16.8. The van der Waals surface area contributed by atoms with Crippen molar-refractivity contribution < 1.29 is 14.3 Å². The van der Waals surface area contributed by atoms with Gasteiger partial charge in [0.15, 0.2) is 0 Å². The second-order valence-electron chi connectivity index (χ2n) is 4.04. The fourth-order valence-corrected chi connectivity index (χ4v) is 1.76. The van der Waals surface area contributed by atoms with Crippen LogP contribution in [-0.2, 0) is 4.79 Å². The molecule has 19 heavy (non-hydrogen) atoms. The highest BCUT2D eigenvalue weighted by atomic mass is 16.5. The highest BCUT2D eigenvalue weighted by Gasteiger charge is 2.26. The van der Waals surface area contributed by atoms with E-state index in [1.165, 1.54) is 4.90 Å². The SMILES string of the molecule is COc1cc(C=C2C(=O)NC(=N)N2C)cc(OC)c1. The van der Waals surface area contributed by atoms with Gasteiger partial charge < -0.3 is 14.4 Å². The third-order valence-electron chi connectivity index (χ3n) is 2.84. The van der Waals surface area contributed by atoms with Gasteiger partial charge in [0, 0.05) is 13.1 Å². The quantitative estimate of drug-likeness (QED) is 0.797. The summed E-state index contributed by atoms with van der Waals surface area (Å²) in [6.07, 6.45) is 1.68. The number of methoxy groups -OCH3 is 2. The Morgan fingerprint density at radius 2 is 1.79 bits per heavy atom. The van der Waals surface area contributed by atoms with Crippen molar-refractivity contribution in [3.63, 3.8) is 0 Å². The van der Waals surface area contributed by atoms with Crippen LogP contribution >= 0.6 is 0 Å². The van der Waals surface area contributed by atoms with Gasteiger partial charge in [0.25, 0.3) is 5.91 Å². The number of hydrogen-bond donors (Lipinski definition) is 2. The number of ether oxygens (including phenoxy) is 2. The smallest absolute Gasteiger partial charge is 0.274 e. The van der Waals surface area contributed by atoms with Crippen LogP contribution in [0.15, 0.2) is 23.9 Å². The summed E-state index contributed by atoms with van der Waals surface area (Å²) in [5.41, 5.74) is 1.17. The maximum Gasteiger partial charge on any atom is 0.274 e. The first-order valence-corrected chi connectivity index (χ1v) is 5.63. The topological polar surface area (TPSA) is 74.7 Å². The zero-order chi connectivity index (χ0) is 14.0. The number of likely N-dealkylation sites (N-methyl/N-ethyl adjacent to an activating group) is 1. The fraction of sp³-hybridized carbons (Fsp3) is 0.231. The number of rotatable bonds is 3. The Balaban J connectivity index is 2.42. The highest BCUT2D eigenvalue weighted by Crippen LogP contribution is 2.25. The van der Waals surface area contributed by atoms with E-state index in [0.29, 0.717) is 17.2 Å². The molecule has 0 bridgehead atoms. The molecule has 0 atom stereocenters. The summed E-state index contributed by atoms with van der Waals surface area (Å²) in [4.78, 5) is 13.2. The van der Waals surface area contributed by atoms with Gasteiger partial charge in [-0.25, -0.2) is 0 Å². The van der Waals surface area contributed by atoms with Crippen molar-refractivity contribution in [1.82, 2.24) is 10.2 Å². The first kappa shape index (κ1) is 12.9. The van der Waals surface area contributed by atoms with E-state index in [4.69, 9.17) is 14.9 Å². The van der Waals surface area contributed by atoms with E-state index in [2.05, 4.69) is 5.32 Å². The summed E-state index contributed by atoms with van der Waals surface area (Å²) in [5.74, 6) is 1.05. The van der Waals surface area contributed by atoms with Crippen molar-refractivity contribution in [1.29, 1.82) is 5.41 Å². The van der Waals surface area contributed by atoms with E-state index in [-0.39, 0.29) is 11.9 Å². The van der Waals surface area contributed by atoms with Crippen LogP contribution in [0.4, 0.5) is 0 Å². The minimum Gasteiger partial charge on any atom is -0.497 e. The summed E-state index contributed by atoms with van der Waals surface area (Å²) in [6, 6.07) is 5.33. The van der Waals surface area contributed by atoms with Crippen molar-refractivity contribution in [3.8, 4) is 11.5 Å². The lowest BCUT2D eigenvalue weighted by Gasteiger charge is -2.10. The molecule has 1 aliphatic heterocycles. The number of benzene rings is 1. The maximum atomic E-state index is 11.7. The Morgan fingerprint density at radius 1 is 1.21 bits per heavy atom. The van der Waals surface area contributed by atoms with E-state index in [0.717, 1.165) is 5.56 Å². The first-order valence-electron chi connectivity index (χ1n) is 5.63. The molecular formula is C13H15N3O3. The molecule has 100 valence electrons. The minimum absolute atomic E-state index is 0.0612. The summed E-state index contributed by atoms with van der Waals surface area (Å²) in [5, 5.41) is 9.98. The van der Waals surface area contributed by atoms with Gasteiger partial charge in [0.05, 0.1) is 14.2 Å². The lowest BCUT2D eigenvalue weighted by atomic mass is 10.1. The van der Waals surface area contributed by atoms with Crippen molar-refractivity contribution in [2.45, 2.75) is 0 Å². The van der Waals surface area contributed by atoms with Gasteiger partial charge in [-0.2, -0.15) is 0 Å². The fourth-order valence-electron chi connectivity index (χ4n) is 1.76. The van der Waals surface area contributed by atoms with Crippen molar-refractivity contribution in [3.05, 3.63) is 29.5 Å². The number of carbonyl (C=O) groups excluding carboxylic acids is 1. The van der Waals surface area contributed by atoms with Crippen LogP contribution in [0.25, 0.3) is 6.08 Å². The average Bonchev–Trinajstić information content (AvgIpc) is 2.65. The summed E-state index contributed by atoms with van der Waals surface area (Å²) >= 11 is 0. The largest absolute Gasteiger partial charge is 0.497 e. The van der Waals surface area contributed by atoms with Crippen LogP contribution in [0.2, 0.25) is 0 Å². The van der Waals surface area contributed by atoms with Gasteiger partial charge in [0.1, 0.15) is 17.2 Å². The summed E-state index contributed by atoms with van der Waals surface area (Å²) in [7, 11) is 4.79. The van der Waals surface area contributed by atoms with Crippen LogP contribution in [0.3, 0.4) is 0 Å². The Morgan fingerprint density at radius 3 is 2.21 bits per heavy atom. The van der Waals surface area contributed by atoms with E-state index in [1.54, 1.807) is 45.5 Å². The summed E-state index contributed by atoms with van der Waals surface area (Å²) in [6.45, 7) is 0. The molecule has 0 spiro atoms. The molecule has 0 radical (unpaired) electrons. The van der Waals surface area contributed by atoms with Gasteiger partial charge in [-0.05, 0) is 23.8 Å².